The van der Waals surface area contributed by atoms with Crippen molar-refractivity contribution in [1.29, 1.82) is 0 Å². The molecule has 0 spiro atoms. The van der Waals surface area contributed by atoms with Crippen molar-refractivity contribution in [2.75, 3.05) is 0 Å². The first-order valence-corrected chi connectivity index (χ1v) is 7.85. The second-order valence-electron chi connectivity index (χ2n) is 6.32. The Balaban J connectivity index is 1.78. The number of hydrogen-bond acceptors (Lipinski definition) is 3. The molecule has 0 aromatic heterocycles. The summed E-state index contributed by atoms with van der Waals surface area (Å²) in [5.74, 6) is -1.33. The van der Waals surface area contributed by atoms with E-state index in [4.69, 9.17) is 0 Å². The van der Waals surface area contributed by atoms with Gasteiger partial charge in [-0.25, -0.2) is 4.79 Å². The summed E-state index contributed by atoms with van der Waals surface area (Å²) in [5.41, 5.74) is 0.268. The summed E-state index contributed by atoms with van der Waals surface area (Å²) in [7, 11) is 0. The van der Waals surface area contributed by atoms with Crippen LogP contribution in [0.25, 0.3) is 0 Å². The zero-order chi connectivity index (χ0) is 19.1. The van der Waals surface area contributed by atoms with Crippen LogP contribution in [0.3, 0.4) is 0 Å². The fourth-order valence-electron chi connectivity index (χ4n) is 3.28. The molecule has 1 fully saturated rings. The van der Waals surface area contributed by atoms with Gasteiger partial charge in [-0.1, -0.05) is 12.1 Å². The molecule has 5 nitrogen and oxygen atoms in total. The molecule has 2 aromatic rings. The number of aromatic carboxylic acids is 1. The molecule has 26 heavy (non-hydrogen) atoms. The van der Waals surface area contributed by atoms with E-state index in [0.29, 0.717) is 18.4 Å². The third kappa shape index (κ3) is 3.40. The second-order valence-corrected chi connectivity index (χ2v) is 6.32. The van der Waals surface area contributed by atoms with Gasteiger partial charge < -0.3 is 5.11 Å². The van der Waals surface area contributed by atoms with Crippen LogP contribution < -0.4 is 0 Å². The Labute approximate surface area is 146 Å². The van der Waals surface area contributed by atoms with Crippen LogP contribution in [0.4, 0.5) is 18.9 Å². The summed E-state index contributed by atoms with van der Waals surface area (Å²) in [6.07, 6.45) is -3.32. The summed E-state index contributed by atoms with van der Waals surface area (Å²) >= 11 is 0. The van der Waals surface area contributed by atoms with E-state index in [1.807, 2.05) is 0 Å². The Hall–Kier alpha value is -2.90. The minimum absolute atomic E-state index is 0.00295. The van der Waals surface area contributed by atoms with Gasteiger partial charge in [-0.15, -0.1) is 0 Å². The number of carboxylic acids is 1. The van der Waals surface area contributed by atoms with Crippen molar-refractivity contribution in [3.05, 3.63) is 74.8 Å². The summed E-state index contributed by atoms with van der Waals surface area (Å²) in [4.78, 5) is 21.7. The largest absolute Gasteiger partial charge is 0.478 e. The summed E-state index contributed by atoms with van der Waals surface area (Å²) in [6.45, 7) is 0. The van der Waals surface area contributed by atoms with E-state index in [2.05, 4.69) is 0 Å². The molecule has 1 aliphatic carbocycles. The van der Waals surface area contributed by atoms with Crippen molar-refractivity contribution in [2.45, 2.75) is 30.9 Å². The maximum absolute atomic E-state index is 12.6. The van der Waals surface area contributed by atoms with Gasteiger partial charge in [0.25, 0.3) is 5.69 Å². The number of nitro benzene ring substituents is 1. The number of nitro groups is 1. The summed E-state index contributed by atoms with van der Waals surface area (Å²) < 4.78 is 37.8. The number of non-ortho nitro benzene ring substituents is 1. The van der Waals surface area contributed by atoms with E-state index in [9.17, 15) is 33.2 Å². The maximum Gasteiger partial charge on any atom is 0.416 e. The molecule has 0 atom stereocenters. The van der Waals surface area contributed by atoms with Crippen LogP contribution in [0.5, 0.6) is 0 Å². The molecule has 0 heterocycles. The molecule has 0 amide bonds. The molecule has 2 aromatic carbocycles. The lowest BCUT2D eigenvalue weighted by Crippen LogP contribution is -2.22. The van der Waals surface area contributed by atoms with Gasteiger partial charge in [0.2, 0.25) is 0 Å². The van der Waals surface area contributed by atoms with Crippen LogP contribution in [0.1, 0.15) is 51.7 Å². The molecule has 8 heteroatoms. The zero-order valence-electron chi connectivity index (χ0n) is 13.4. The van der Waals surface area contributed by atoms with Crippen LogP contribution in [0, 0.1) is 10.1 Å². The molecular weight excluding hydrogens is 351 g/mol. The van der Waals surface area contributed by atoms with Gasteiger partial charge in [-0.2, -0.15) is 13.2 Å². The number of alkyl halides is 3. The monoisotopic (exact) mass is 365 g/mol. The minimum atomic E-state index is -4.39. The number of rotatable bonds is 4. The Kier molecular flexibility index (Phi) is 4.43. The van der Waals surface area contributed by atoms with Crippen LogP contribution in [-0.2, 0) is 6.18 Å². The van der Waals surface area contributed by atoms with Crippen LogP contribution >= 0.6 is 0 Å². The lowest BCUT2D eigenvalue weighted by molar-refractivity contribution is -0.384. The lowest BCUT2D eigenvalue weighted by Gasteiger charge is -2.36. The van der Waals surface area contributed by atoms with Gasteiger partial charge >= 0.3 is 12.1 Å². The molecule has 0 saturated heterocycles. The average Bonchev–Trinajstić information content (AvgIpc) is 2.52. The summed E-state index contributed by atoms with van der Waals surface area (Å²) in [6, 6.07) is 8.55. The Morgan fingerprint density at radius 2 is 1.69 bits per heavy atom. The van der Waals surface area contributed by atoms with Crippen molar-refractivity contribution in [3.63, 3.8) is 0 Å². The Bertz CT molecular complexity index is 856. The highest BCUT2D eigenvalue weighted by atomic mass is 19.4. The topological polar surface area (TPSA) is 80.4 Å². The van der Waals surface area contributed by atoms with E-state index in [0.717, 1.165) is 23.8 Å². The number of carboxylic acid groups (broad SMARTS) is 1. The quantitative estimate of drug-likeness (QED) is 0.612. The molecule has 3 rings (SSSR count). The molecule has 0 bridgehead atoms. The summed E-state index contributed by atoms with van der Waals surface area (Å²) in [5, 5.41) is 20.2. The number of carbonyl (C=O) groups is 1. The van der Waals surface area contributed by atoms with Crippen molar-refractivity contribution < 1.29 is 28.0 Å². The molecular formula is C18H14F3NO4. The number of benzene rings is 2. The van der Waals surface area contributed by atoms with Crippen molar-refractivity contribution in [1.82, 2.24) is 0 Å². The van der Waals surface area contributed by atoms with E-state index >= 15 is 0 Å². The first kappa shape index (κ1) is 17.9. The van der Waals surface area contributed by atoms with Crippen LogP contribution in [0.2, 0.25) is 0 Å². The van der Waals surface area contributed by atoms with E-state index in [-0.39, 0.29) is 23.1 Å². The standard InChI is InChI=1S/C18H14F3NO4/c19-18(20,21)13-3-1-10(2-4-13)11-7-12(8-11)16-9-14(22(25)26)5-6-15(16)17(23)24/h1-6,9,11-12H,7-8H2,(H,23,24)/t11-,12-. The Morgan fingerprint density at radius 1 is 1.08 bits per heavy atom. The highest BCUT2D eigenvalue weighted by molar-refractivity contribution is 5.90. The highest BCUT2D eigenvalue weighted by Crippen LogP contribution is 2.49. The third-order valence-corrected chi connectivity index (χ3v) is 4.76. The lowest BCUT2D eigenvalue weighted by atomic mass is 9.67. The average molecular weight is 365 g/mol. The van der Waals surface area contributed by atoms with E-state index in [1.54, 1.807) is 0 Å². The van der Waals surface area contributed by atoms with Crippen molar-refractivity contribution in [3.8, 4) is 0 Å². The predicted octanol–water partition coefficient (Wildman–Crippen LogP) is 4.97. The highest BCUT2D eigenvalue weighted by Gasteiger charge is 2.35. The van der Waals surface area contributed by atoms with Gasteiger partial charge in [0.1, 0.15) is 0 Å². The van der Waals surface area contributed by atoms with Gasteiger partial charge in [0.15, 0.2) is 0 Å². The second kappa shape index (κ2) is 6.44. The number of nitrogens with zero attached hydrogens (tertiary/aromatic N) is 1. The first-order chi connectivity index (χ1) is 12.2. The zero-order valence-corrected chi connectivity index (χ0v) is 13.4. The SMILES string of the molecule is O=C(O)c1ccc([N+](=O)[O-])cc1[C@H]1C[C@H](c2ccc(C(F)(F)F)cc2)C1. The molecule has 0 unspecified atom stereocenters. The van der Waals surface area contributed by atoms with E-state index < -0.39 is 22.6 Å². The molecule has 0 aliphatic heterocycles. The predicted molar refractivity (Wildman–Crippen MR) is 86.2 cm³/mol. The van der Waals surface area contributed by atoms with Crippen LogP contribution in [0.15, 0.2) is 42.5 Å². The minimum Gasteiger partial charge on any atom is -0.478 e. The normalized spacial score (nSPS) is 19.7. The third-order valence-electron chi connectivity index (χ3n) is 4.76. The molecule has 1 saturated carbocycles. The van der Waals surface area contributed by atoms with Gasteiger partial charge in [0, 0.05) is 12.1 Å². The molecule has 136 valence electrons. The fourth-order valence-corrected chi connectivity index (χ4v) is 3.28. The fraction of sp³-hybridized carbons (Fsp3) is 0.278. The molecule has 1 N–H and O–H groups in total. The maximum atomic E-state index is 12.6. The van der Waals surface area contributed by atoms with Gasteiger partial charge in [-0.3, -0.25) is 10.1 Å². The molecule has 0 radical (unpaired) electrons. The van der Waals surface area contributed by atoms with Gasteiger partial charge in [0.05, 0.1) is 16.1 Å². The smallest absolute Gasteiger partial charge is 0.416 e. The number of hydrogen-bond donors (Lipinski definition) is 1. The first-order valence-electron chi connectivity index (χ1n) is 7.85. The van der Waals surface area contributed by atoms with Crippen molar-refractivity contribution >= 4 is 11.7 Å². The Morgan fingerprint density at radius 3 is 2.19 bits per heavy atom. The molecule has 1 aliphatic rings. The van der Waals surface area contributed by atoms with Crippen LogP contribution in [-0.4, -0.2) is 16.0 Å². The van der Waals surface area contributed by atoms with Gasteiger partial charge in [-0.05, 0) is 54.0 Å². The number of halogens is 3. The van der Waals surface area contributed by atoms with E-state index in [1.165, 1.54) is 24.3 Å². The van der Waals surface area contributed by atoms with Crippen molar-refractivity contribution in [2.24, 2.45) is 0 Å².